The fraction of sp³-hybridized carbons (Fsp3) is 0.136. The number of sulfonamides is 1. The summed E-state index contributed by atoms with van der Waals surface area (Å²) in [4.78, 5) is 8.94. The van der Waals surface area contributed by atoms with Gasteiger partial charge in [-0.1, -0.05) is 24.3 Å². The molecule has 0 saturated heterocycles. The molecule has 0 radical (unpaired) electrons. The quantitative estimate of drug-likeness (QED) is 0.365. The Labute approximate surface area is 175 Å². The van der Waals surface area contributed by atoms with Gasteiger partial charge in [0.25, 0.3) is 10.0 Å². The van der Waals surface area contributed by atoms with Crippen molar-refractivity contribution in [2.24, 2.45) is 5.10 Å². The summed E-state index contributed by atoms with van der Waals surface area (Å²) < 4.78 is 28.5. The van der Waals surface area contributed by atoms with E-state index in [4.69, 9.17) is 0 Å². The molecule has 3 heterocycles. The molecule has 152 valence electrons. The van der Waals surface area contributed by atoms with Gasteiger partial charge in [0.05, 0.1) is 23.0 Å². The molecule has 3 aromatic heterocycles. The van der Waals surface area contributed by atoms with Gasteiger partial charge in [0.15, 0.2) is 0 Å². The largest absolute Gasteiger partial charge is 0.298 e. The summed E-state index contributed by atoms with van der Waals surface area (Å²) >= 11 is 0. The average Bonchev–Trinajstić information content (AvgIpc) is 3.15. The average molecular weight is 420 g/mol. The van der Waals surface area contributed by atoms with Gasteiger partial charge in [-0.2, -0.15) is 17.9 Å². The maximum absolute atomic E-state index is 12.8. The molecule has 0 aliphatic heterocycles. The number of pyridine rings is 2. The molecule has 8 heteroatoms. The van der Waals surface area contributed by atoms with Gasteiger partial charge in [-0.05, 0) is 43.7 Å². The van der Waals surface area contributed by atoms with Crippen LogP contribution in [0, 0.1) is 13.8 Å². The lowest BCUT2D eigenvalue weighted by atomic mass is 10.1. The van der Waals surface area contributed by atoms with Crippen molar-refractivity contribution in [2.75, 3.05) is 7.05 Å². The number of rotatable bonds is 5. The third-order valence-electron chi connectivity index (χ3n) is 4.85. The third-order valence-corrected chi connectivity index (χ3v) is 6.65. The summed E-state index contributed by atoms with van der Waals surface area (Å²) in [6, 6.07) is 14.7. The molecule has 0 saturated carbocycles. The van der Waals surface area contributed by atoms with Gasteiger partial charge in [0.2, 0.25) is 0 Å². The van der Waals surface area contributed by atoms with Gasteiger partial charge in [-0.25, -0.2) is 4.98 Å². The summed E-state index contributed by atoms with van der Waals surface area (Å²) in [6.45, 7) is 3.70. The fourth-order valence-electron chi connectivity index (χ4n) is 3.09. The van der Waals surface area contributed by atoms with Crippen LogP contribution in [0.15, 0.2) is 77.1 Å². The highest BCUT2D eigenvalue weighted by Crippen LogP contribution is 2.21. The topological polar surface area (TPSA) is 79.9 Å². The number of aryl methyl sites for hydroxylation is 2. The Bertz CT molecular complexity index is 1340. The van der Waals surface area contributed by atoms with E-state index in [-0.39, 0.29) is 4.90 Å². The second-order valence-corrected chi connectivity index (χ2v) is 8.89. The summed E-state index contributed by atoms with van der Waals surface area (Å²) in [5, 5.41) is 4.17. The van der Waals surface area contributed by atoms with Crippen LogP contribution in [0.1, 0.15) is 17.0 Å². The minimum Gasteiger partial charge on any atom is -0.298 e. The maximum atomic E-state index is 12.8. The zero-order valence-electron chi connectivity index (χ0n) is 16.9. The molecule has 4 rings (SSSR count). The standard InChI is InChI=1S/C22H21N5O2S/c1-16-6-4-5-7-21(16)30(28,29)26(3)25-14-20-13-24-22-11-10-19(15-27(20)22)18-9-8-17(2)23-12-18/h4-15H,1-3H3/b25-14+. The minimum absolute atomic E-state index is 0.233. The van der Waals surface area contributed by atoms with Gasteiger partial charge < -0.3 is 0 Å². The van der Waals surface area contributed by atoms with Gasteiger partial charge >= 0.3 is 0 Å². The van der Waals surface area contributed by atoms with Crippen LogP contribution in [0.5, 0.6) is 0 Å². The van der Waals surface area contributed by atoms with Crippen LogP contribution >= 0.6 is 0 Å². The first-order valence-electron chi connectivity index (χ1n) is 9.35. The van der Waals surface area contributed by atoms with Crippen molar-refractivity contribution in [1.29, 1.82) is 0 Å². The Morgan fingerprint density at radius 1 is 0.967 bits per heavy atom. The number of imidazole rings is 1. The summed E-state index contributed by atoms with van der Waals surface area (Å²) in [6.07, 6.45) is 6.91. The molecule has 0 fully saturated rings. The van der Waals surface area contributed by atoms with Crippen molar-refractivity contribution in [3.8, 4) is 11.1 Å². The summed E-state index contributed by atoms with van der Waals surface area (Å²) in [7, 11) is -2.31. The number of aromatic nitrogens is 3. The number of hydrogen-bond donors (Lipinski definition) is 0. The molecule has 0 aliphatic carbocycles. The van der Waals surface area contributed by atoms with Crippen molar-refractivity contribution in [3.05, 3.63) is 84.1 Å². The van der Waals surface area contributed by atoms with Crippen molar-refractivity contribution in [2.45, 2.75) is 18.7 Å². The number of nitrogens with zero attached hydrogens (tertiary/aromatic N) is 5. The van der Waals surface area contributed by atoms with Crippen LogP contribution in [0.3, 0.4) is 0 Å². The smallest absolute Gasteiger partial charge is 0.279 e. The molecule has 0 unspecified atom stereocenters. The van der Waals surface area contributed by atoms with Gasteiger partial charge in [-0.3, -0.25) is 9.38 Å². The molecule has 7 nitrogen and oxygen atoms in total. The van der Waals surface area contributed by atoms with Crippen LogP contribution in [0.25, 0.3) is 16.8 Å². The highest BCUT2D eigenvalue weighted by molar-refractivity contribution is 7.89. The van der Waals surface area contributed by atoms with Crippen molar-refractivity contribution in [1.82, 2.24) is 18.8 Å². The van der Waals surface area contributed by atoms with Crippen LogP contribution in [0.4, 0.5) is 0 Å². The molecular formula is C22H21N5O2S. The Hall–Kier alpha value is -3.52. The number of hydrogen-bond acceptors (Lipinski definition) is 5. The molecule has 0 bridgehead atoms. The first kappa shape index (κ1) is 19.8. The van der Waals surface area contributed by atoms with E-state index in [0.29, 0.717) is 11.3 Å². The van der Waals surface area contributed by atoms with E-state index in [9.17, 15) is 8.42 Å². The van der Waals surface area contributed by atoms with E-state index in [1.54, 1.807) is 37.4 Å². The molecule has 0 amide bonds. The molecule has 30 heavy (non-hydrogen) atoms. The van der Waals surface area contributed by atoms with E-state index in [1.165, 1.54) is 13.3 Å². The Kier molecular flexibility index (Phi) is 5.09. The Morgan fingerprint density at radius 3 is 2.47 bits per heavy atom. The van der Waals surface area contributed by atoms with E-state index in [2.05, 4.69) is 15.1 Å². The van der Waals surface area contributed by atoms with Crippen LogP contribution in [0.2, 0.25) is 0 Å². The number of hydrazone groups is 1. The lowest BCUT2D eigenvalue weighted by Crippen LogP contribution is -2.22. The molecule has 1 aromatic carbocycles. The molecule has 0 aliphatic rings. The second-order valence-electron chi connectivity index (χ2n) is 6.97. The van der Waals surface area contributed by atoms with E-state index >= 15 is 0 Å². The Morgan fingerprint density at radius 2 is 1.73 bits per heavy atom. The van der Waals surface area contributed by atoms with Crippen LogP contribution in [-0.2, 0) is 10.0 Å². The van der Waals surface area contributed by atoms with Crippen molar-refractivity contribution >= 4 is 21.9 Å². The maximum Gasteiger partial charge on any atom is 0.279 e. The number of fused-ring (bicyclic) bond motifs is 1. The van der Waals surface area contributed by atoms with E-state index in [1.807, 2.05) is 48.0 Å². The minimum atomic E-state index is -3.73. The van der Waals surface area contributed by atoms with Crippen LogP contribution < -0.4 is 0 Å². The third kappa shape index (κ3) is 3.69. The predicted molar refractivity (Wildman–Crippen MR) is 117 cm³/mol. The normalized spacial score (nSPS) is 12.0. The van der Waals surface area contributed by atoms with Crippen molar-refractivity contribution < 1.29 is 8.42 Å². The first-order chi connectivity index (χ1) is 14.4. The van der Waals surface area contributed by atoms with Gasteiger partial charge in [0, 0.05) is 36.3 Å². The molecule has 4 aromatic rings. The van der Waals surface area contributed by atoms with E-state index in [0.717, 1.165) is 26.9 Å². The lowest BCUT2D eigenvalue weighted by molar-refractivity contribution is 0.490. The van der Waals surface area contributed by atoms with E-state index < -0.39 is 10.0 Å². The SMILES string of the molecule is Cc1ccc(-c2ccc3ncc(/C=N/N(C)S(=O)(=O)c4ccccc4C)n3c2)cn1. The molecule has 0 atom stereocenters. The van der Waals surface area contributed by atoms with Gasteiger partial charge in [0.1, 0.15) is 5.65 Å². The highest BCUT2D eigenvalue weighted by Gasteiger charge is 2.21. The zero-order chi connectivity index (χ0) is 21.3. The fourth-order valence-corrected chi connectivity index (χ4v) is 4.28. The van der Waals surface area contributed by atoms with Crippen molar-refractivity contribution in [3.63, 3.8) is 0 Å². The second kappa shape index (κ2) is 7.72. The van der Waals surface area contributed by atoms with Crippen LogP contribution in [-0.4, -0.2) is 40.5 Å². The Balaban J connectivity index is 1.66. The predicted octanol–water partition coefficient (Wildman–Crippen LogP) is 3.67. The zero-order valence-corrected chi connectivity index (χ0v) is 17.7. The summed E-state index contributed by atoms with van der Waals surface area (Å²) in [5.74, 6) is 0. The molecule has 0 N–H and O–H groups in total. The summed E-state index contributed by atoms with van der Waals surface area (Å²) in [5.41, 5.74) is 4.99. The first-order valence-corrected chi connectivity index (χ1v) is 10.8. The molecule has 0 spiro atoms. The number of benzene rings is 1. The van der Waals surface area contributed by atoms with Gasteiger partial charge in [-0.15, -0.1) is 0 Å². The highest BCUT2D eigenvalue weighted by atomic mass is 32.2. The molecular weight excluding hydrogens is 398 g/mol. The lowest BCUT2D eigenvalue weighted by Gasteiger charge is -2.15. The monoisotopic (exact) mass is 419 g/mol.